The van der Waals surface area contributed by atoms with Crippen LogP contribution in [0.5, 0.6) is 11.5 Å². The highest BCUT2D eigenvalue weighted by Crippen LogP contribution is 2.22. The Labute approximate surface area is 184 Å². The third-order valence-electron chi connectivity index (χ3n) is 5.22. The number of benzene rings is 2. The third-order valence-corrected chi connectivity index (χ3v) is 6.97. The maximum atomic E-state index is 13.0. The van der Waals surface area contributed by atoms with E-state index in [4.69, 9.17) is 9.47 Å². The van der Waals surface area contributed by atoms with Gasteiger partial charge < -0.3 is 14.4 Å². The summed E-state index contributed by atoms with van der Waals surface area (Å²) in [5.41, 5.74) is 1.80. The highest BCUT2D eigenvalue weighted by Gasteiger charge is 2.34. The molecule has 2 aromatic rings. The minimum atomic E-state index is -3.11. The number of sulfone groups is 1. The van der Waals surface area contributed by atoms with Crippen molar-refractivity contribution in [3.8, 4) is 11.5 Å². The zero-order valence-electron chi connectivity index (χ0n) is 18.0. The van der Waals surface area contributed by atoms with Crippen LogP contribution in [-0.4, -0.2) is 50.5 Å². The Morgan fingerprint density at radius 1 is 1.10 bits per heavy atom. The number of amides is 1. The summed E-state index contributed by atoms with van der Waals surface area (Å²) in [6, 6.07) is 14.7. The second-order valence-corrected chi connectivity index (χ2v) is 9.85. The van der Waals surface area contributed by atoms with Crippen molar-refractivity contribution >= 4 is 21.8 Å². The molecule has 0 spiro atoms. The molecule has 7 heteroatoms. The first kappa shape index (κ1) is 22.9. The first-order valence-corrected chi connectivity index (χ1v) is 12.3. The van der Waals surface area contributed by atoms with Crippen LogP contribution in [0.3, 0.4) is 0 Å². The molecule has 0 bridgehead atoms. The largest absolute Gasteiger partial charge is 0.497 e. The van der Waals surface area contributed by atoms with Crippen molar-refractivity contribution in [2.24, 2.45) is 0 Å². The number of carbonyl (C=O) groups is 1. The zero-order chi connectivity index (χ0) is 22.3. The summed E-state index contributed by atoms with van der Waals surface area (Å²) in [6.45, 7) is 3.05. The molecular formula is C24H29NO5S. The Bertz CT molecular complexity index is 997. The molecule has 1 atom stereocenters. The lowest BCUT2D eigenvalue weighted by molar-refractivity contribution is -0.128. The van der Waals surface area contributed by atoms with E-state index in [1.165, 1.54) is 6.08 Å². The van der Waals surface area contributed by atoms with Crippen molar-refractivity contribution in [3.05, 3.63) is 65.7 Å². The predicted molar refractivity (Wildman–Crippen MR) is 122 cm³/mol. The molecule has 166 valence electrons. The minimum Gasteiger partial charge on any atom is -0.497 e. The van der Waals surface area contributed by atoms with Crippen LogP contribution in [0.15, 0.2) is 54.6 Å². The van der Waals surface area contributed by atoms with Crippen molar-refractivity contribution in [1.29, 1.82) is 0 Å². The van der Waals surface area contributed by atoms with Gasteiger partial charge in [-0.05, 0) is 54.3 Å². The average molecular weight is 444 g/mol. The van der Waals surface area contributed by atoms with Gasteiger partial charge in [0.05, 0.1) is 25.2 Å². The van der Waals surface area contributed by atoms with Crippen LogP contribution in [0.4, 0.5) is 0 Å². The molecule has 1 heterocycles. The first-order chi connectivity index (χ1) is 14.9. The Balaban J connectivity index is 1.75. The summed E-state index contributed by atoms with van der Waals surface area (Å²) in [7, 11) is -1.51. The van der Waals surface area contributed by atoms with Gasteiger partial charge in [-0.1, -0.05) is 31.2 Å². The van der Waals surface area contributed by atoms with E-state index in [2.05, 4.69) is 0 Å². The molecule has 0 N–H and O–H groups in total. The number of hydrogen-bond donors (Lipinski definition) is 0. The second-order valence-electron chi connectivity index (χ2n) is 7.62. The van der Waals surface area contributed by atoms with Gasteiger partial charge >= 0.3 is 0 Å². The molecular weight excluding hydrogens is 414 g/mol. The molecule has 1 saturated heterocycles. The third kappa shape index (κ3) is 6.59. The second kappa shape index (κ2) is 10.5. The van der Waals surface area contributed by atoms with Crippen LogP contribution in [0.2, 0.25) is 0 Å². The molecule has 1 amide bonds. The van der Waals surface area contributed by atoms with Gasteiger partial charge in [0.1, 0.15) is 11.5 Å². The SMILES string of the molecule is CCCOc1ccc(CN(C(=O)/C=C/c2ccc(OC)cc2)C2CCS(=O)(=O)C2)cc1. The van der Waals surface area contributed by atoms with Crippen LogP contribution in [0, 0.1) is 0 Å². The molecule has 3 rings (SSSR count). The van der Waals surface area contributed by atoms with E-state index in [1.54, 1.807) is 18.1 Å². The monoisotopic (exact) mass is 443 g/mol. The van der Waals surface area contributed by atoms with Crippen molar-refractivity contribution < 1.29 is 22.7 Å². The lowest BCUT2D eigenvalue weighted by atomic mass is 10.1. The van der Waals surface area contributed by atoms with E-state index in [0.29, 0.717) is 19.6 Å². The average Bonchev–Trinajstić information content (AvgIpc) is 3.14. The Morgan fingerprint density at radius 3 is 2.35 bits per heavy atom. The van der Waals surface area contributed by atoms with Crippen LogP contribution in [0.25, 0.3) is 6.08 Å². The number of rotatable bonds is 9. The highest BCUT2D eigenvalue weighted by molar-refractivity contribution is 7.91. The lowest BCUT2D eigenvalue weighted by Crippen LogP contribution is -2.39. The van der Waals surface area contributed by atoms with Gasteiger partial charge in [-0.3, -0.25) is 4.79 Å². The smallest absolute Gasteiger partial charge is 0.247 e. The maximum absolute atomic E-state index is 13.0. The molecule has 0 radical (unpaired) electrons. The molecule has 1 aliphatic rings. The number of methoxy groups -OCH3 is 1. The summed E-state index contributed by atoms with van der Waals surface area (Å²) >= 11 is 0. The fourth-order valence-electron chi connectivity index (χ4n) is 3.49. The number of nitrogens with zero attached hydrogens (tertiary/aromatic N) is 1. The van der Waals surface area contributed by atoms with Crippen LogP contribution in [-0.2, 0) is 21.2 Å². The van der Waals surface area contributed by atoms with Gasteiger partial charge in [-0.2, -0.15) is 0 Å². The van der Waals surface area contributed by atoms with Gasteiger partial charge in [0.25, 0.3) is 0 Å². The Kier molecular flexibility index (Phi) is 7.74. The number of ether oxygens (including phenoxy) is 2. The van der Waals surface area contributed by atoms with Crippen molar-refractivity contribution in [2.45, 2.75) is 32.4 Å². The molecule has 6 nitrogen and oxygen atoms in total. The minimum absolute atomic E-state index is 0.00676. The predicted octanol–water partition coefficient (Wildman–Crippen LogP) is 3.71. The van der Waals surface area contributed by atoms with Crippen molar-refractivity contribution in [2.75, 3.05) is 25.2 Å². The lowest BCUT2D eigenvalue weighted by Gasteiger charge is -2.27. The van der Waals surface area contributed by atoms with Crippen LogP contribution < -0.4 is 9.47 Å². The Hall–Kier alpha value is -2.80. The van der Waals surface area contributed by atoms with E-state index >= 15 is 0 Å². The fourth-order valence-corrected chi connectivity index (χ4v) is 5.22. The summed E-state index contributed by atoms with van der Waals surface area (Å²) in [4.78, 5) is 14.7. The summed E-state index contributed by atoms with van der Waals surface area (Å²) in [5, 5.41) is 0. The summed E-state index contributed by atoms with van der Waals surface area (Å²) < 4.78 is 34.8. The zero-order valence-corrected chi connectivity index (χ0v) is 18.8. The first-order valence-electron chi connectivity index (χ1n) is 10.4. The molecule has 0 aliphatic carbocycles. The summed E-state index contributed by atoms with van der Waals surface area (Å²) in [5.74, 6) is 1.45. The van der Waals surface area contributed by atoms with E-state index < -0.39 is 9.84 Å². The molecule has 31 heavy (non-hydrogen) atoms. The molecule has 2 aromatic carbocycles. The molecule has 1 aliphatic heterocycles. The van der Waals surface area contributed by atoms with E-state index in [-0.39, 0.29) is 23.5 Å². The quantitative estimate of drug-likeness (QED) is 0.553. The molecule has 0 aromatic heterocycles. The molecule has 0 saturated carbocycles. The topological polar surface area (TPSA) is 72.9 Å². The highest BCUT2D eigenvalue weighted by atomic mass is 32.2. The van der Waals surface area contributed by atoms with Gasteiger partial charge in [-0.15, -0.1) is 0 Å². The number of hydrogen-bond acceptors (Lipinski definition) is 5. The van der Waals surface area contributed by atoms with E-state index in [0.717, 1.165) is 29.0 Å². The molecule has 1 unspecified atom stereocenters. The number of carbonyl (C=O) groups excluding carboxylic acids is 1. The maximum Gasteiger partial charge on any atom is 0.247 e. The Morgan fingerprint density at radius 2 is 1.77 bits per heavy atom. The van der Waals surface area contributed by atoms with Gasteiger partial charge in [0.15, 0.2) is 9.84 Å². The standard InChI is InChI=1S/C24H29NO5S/c1-3-15-30-23-11-6-20(7-12-23)17-25(21-14-16-31(27,28)18-21)24(26)13-8-19-4-9-22(29-2)10-5-19/h4-13,21H,3,14-18H2,1-2H3/b13-8+. The van der Waals surface area contributed by atoms with Crippen LogP contribution >= 0.6 is 0 Å². The van der Waals surface area contributed by atoms with Crippen molar-refractivity contribution in [3.63, 3.8) is 0 Å². The van der Waals surface area contributed by atoms with Gasteiger partial charge in [0.2, 0.25) is 5.91 Å². The van der Waals surface area contributed by atoms with Crippen molar-refractivity contribution in [1.82, 2.24) is 4.90 Å². The molecule has 1 fully saturated rings. The van der Waals surface area contributed by atoms with Gasteiger partial charge in [0, 0.05) is 18.7 Å². The fraction of sp³-hybridized carbons (Fsp3) is 0.375. The summed E-state index contributed by atoms with van der Waals surface area (Å²) in [6.07, 6.45) is 4.63. The van der Waals surface area contributed by atoms with Crippen LogP contribution in [0.1, 0.15) is 30.9 Å². The van der Waals surface area contributed by atoms with E-state index in [1.807, 2.05) is 55.5 Å². The van der Waals surface area contributed by atoms with Gasteiger partial charge in [-0.25, -0.2) is 8.42 Å². The van der Waals surface area contributed by atoms with E-state index in [9.17, 15) is 13.2 Å². The normalized spacial score (nSPS) is 17.5.